The van der Waals surface area contributed by atoms with Crippen molar-refractivity contribution in [3.63, 3.8) is 0 Å². The first-order chi connectivity index (χ1) is 19.8. The van der Waals surface area contributed by atoms with Crippen LogP contribution in [0.3, 0.4) is 0 Å². The molecule has 1 atom stereocenters. The Morgan fingerprint density at radius 1 is 1.05 bits per heavy atom. The standard InChI is InChI=1S/C35H45FN2O4/c1-9-40-33(39)32(42-34(4,5)6)30-24(3)37-23(2)29(31(30)38-19-17-35(7,8)18-20-38)26-13-15-28(16-14-26)41-22-25-11-10-12-27(36)21-25/h10-16,21,32H,9,17-20,22H2,1-8H3. The van der Waals surface area contributed by atoms with Crippen molar-refractivity contribution in [3.8, 4) is 16.9 Å². The summed E-state index contributed by atoms with van der Waals surface area (Å²) in [6, 6.07) is 14.3. The second kappa shape index (κ2) is 12.8. The minimum Gasteiger partial charge on any atom is -0.489 e. The lowest BCUT2D eigenvalue weighted by molar-refractivity contribution is -0.166. The number of ether oxygens (including phenoxy) is 3. The summed E-state index contributed by atoms with van der Waals surface area (Å²) in [5.74, 6) is -0.00991. The molecule has 1 fully saturated rings. The Kier molecular flexibility index (Phi) is 9.61. The quantitative estimate of drug-likeness (QED) is 0.240. The lowest BCUT2D eigenvalue weighted by Gasteiger charge is -2.41. The monoisotopic (exact) mass is 576 g/mol. The Balaban J connectivity index is 1.80. The first-order valence-electron chi connectivity index (χ1n) is 14.9. The number of rotatable bonds is 9. The smallest absolute Gasteiger partial charge is 0.340 e. The summed E-state index contributed by atoms with van der Waals surface area (Å²) in [7, 11) is 0. The number of hydrogen-bond acceptors (Lipinski definition) is 6. The SMILES string of the molecule is CCOC(=O)C(OC(C)(C)C)c1c(C)nc(C)c(-c2ccc(OCc3cccc(F)c3)cc2)c1N1CCC(C)(C)CC1. The highest BCUT2D eigenvalue weighted by Crippen LogP contribution is 2.45. The highest BCUT2D eigenvalue weighted by molar-refractivity contribution is 5.88. The van der Waals surface area contributed by atoms with Gasteiger partial charge in [-0.25, -0.2) is 9.18 Å². The lowest BCUT2D eigenvalue weighted by Crippen LogP contribution is -2.39. The van der Waals surface area contributed by atoms with Gasteiger partial charge in [0.1, 0.15) is 18.2 Å². The zero-order chi connectivity index (χ0) is 30.7. The third-order valence-corrected chi connectivity index (χ3v) is 7.68. The molecule has 2 heterocycles. The van der Waals surface area contributed by atoms with Gasteiger partial charge in [0, 0.05) is 35.6 Å². The van der Waals surface area contributed by atoms with Gasteiger partial charge in [0.25, 0.3) is 0 Å². The molecule has 226 valence electrons. The van der Waals surface area contributed by atoms with E-state index in [1.165, 1.54) is 12.1 Å². The summed E-state index contributed by atoms with van der Waals surface area (Å²) < 4.78 is 31.5. The molecule has 3 aromatic rings. The number of hydrogen-bond donors (Lipinski definition) is 0. The van der Waals surface area contributed by atoms with Gasteiger partial charge in [-0.1, -0.05) is 38.1 Å². The summed E-state index contributed by atoms with van der Waals surface area (Å²) >= 11 is 0. The average molecular weight is 577 g/mol. The minimum absolute atomic E-state index is 0.247. The van der Waals surface area contributed by atoms with E-state index in [0.717, 1.165) is 65.3 Å². The molecule has 0 spiro atoms. The average Bonchev–Trinajstić information content (AvgIpc) is 2.91. The molecule has 6 nitrogen and oxygen atoms in total. The molecule has 1 unspecified atom stereocenters. The highest BCUT2D eigenvalue weighted by atomic mass is 19.1. The number of halogens is 1. The van der Waals surface area contributed by atoms with Gasteiger partial charge in [0.05, 0.1) is 17.9 Å². The van der Waals surface area contributed by atoms with E-state index in [1.807, 2.05) is 71.9 Å². The first-order valence-corrected chi connectivity index (χ1v) is 14.9. The molecule has 0 N–H and O–H groups in total. The van der Waals surface area contributed by atoms with E-state index >= 15 is 0 Å². The molecule has 2 aromatic carbocycles. The van der Waals surface area contributed by atoms with Crippen molar-refractivity contribution in [2.75, 3.05) is 24.6 Å². The molecular formula is C35H45FN2O4. The maximum absolute atomic E-state index is 13.6. The van der Waals surface area contributed by atoms with Crippen LogP contribution in [-0.2, 0) is 20.9 Å². The number of carbonyl (C=O) groups excluding carboxylic acids is 1. The molecule has 0 saturated carbocycles. The molecular weight excluding hydrogens is 531 g/mol. The molecule has 1 aliphatic heterocycles. The van der Waals surface area contributed by atoms with Crippen LogP contribution in [0.4, 0.5) is 10.1 Å². The summed E-state index contributed by atoms with van der Waals surface area (Å²) in [6.07, 6.45) is 1.14. The second-order valence-corrected chi connectivity index (χ2v) is 12.9. The van der Waals surface area contributed by atoms with Crippen LogP contribution in [0.25, 0.3) is 11.1 Å². The van der Waals surface area contributed by atoms with Crippen LogP contribution in [-0.4, -0.2) is 36.3 Å². The number of aromatic nitrogens is 1. The van der Waals surface area contributed by atoms with Crippen LogP contribution in [0, 0.1) is 25.1 Å². The predicted molar refractivity (Wildman–Crippen MR) is 165 cm³/mol. The molecule has 1 aliphatic rings. The molecule has 0 aliphatic carbocycles. The minimum atomic E-state index is -0.921. The molecule has 0 radical (unpaired) electrons. The molecule has 1 aromatic heterocycles. The van der Waals surface area contributed by atoms with E-state index in [4.69, 9.17) is 19.2 Å². The number of carbonyl (C=O) groups is 1. The topological polar surface area (TPSA) is 60.9 Å². The molecule has 1 saturated heterocycles. The maximum Gasteiger partial charge on any atom is 0.340 e. The Labute approximate surface area is 250 Å². The van der Waals surface area contributed by atoms with E-state index < -0.39 is 17.7 Å². The van der Waals surface area contributed by atoms with Gasteiger partial charge in [-0.15, -0.1) is 0 Å². The first kappa shape index (κ1) is 31.5. The van der Waals surface area contributed by atoms with Crippen molar-refractivity contribution in [3.05, 3.63) is 76.9 Å². The summed E-state index contributed by atoms with van der Waals surface area (Å²) in [4.78, 5) is 20.8. The van der Waals surface area contributed by atoms with E-state index in [-0.39, 0.29) is 24.4 Å². The number of esters is 1. The van der Waals surface area contributed by atoms with E-state index in [2.05, 4.69) is 18.7 Å². The number of nitrogens with zero attached hydrogens (tertiary/aromatic N) is 2. The van der Waals surface area contributed by atoms with Crippen LogP contribution in [0.5, 0.6) is 5.75 Å². The largest absolute Gasteiger partial charge is 0.489 e. The molecule has 0 amide bonds. The second-order valence-electron chi connectivity index (χ2n) is 12.9. The Morgan fingerprint density at radius 3 is 2.31 bits per heavy atom. The van der Waals surface area contributed by atoms with E-state index in [0.29, 0.717) is 5.75 Å². The zero-order valence-electron chi connectivity index (χ0n) is 26.3. The molecule has 7 heteroatoms. The van der Waals surface area contributed by atoms with Crippen molar-refractivity contribution < 1.29 is 23.4 Å². The molecule has 42 heavy (non-hydrogen) atoms. The number of aryl methyl sites for hydroxylation is 2. The number of benzene rings is 2. The van der Waals surface area contributed by atoms with Gasteiger partial charge >= 0.3 is 5.97 Å². The van der Waals surface area contributed by atoms with Crippen LogP contribution >= 0.6 is 0 Å². The van der Waals surface area contributed by atoms with Gasteiger partial charge in [-0.3, -0.25) is 4.98 Å². The third-order valence-electron chi connectivity index (χ3n) is 7.68. The Hall–Kier alpha value is -3.45. The van der Waals surface area contributed by atoms with Gasteiger partial charge in [0.2, 0.25) is 0 Å². The number of piperidine rings is 1. The zero-order valence-corrected chi connectivity index (χ0v) is 26.3. The molecule has 4 rings (SSSR count). The summed E-state index contributed by atoms with van der Waals surface area (Å²) in [5, 5.41) is 0. The summed E-state index contributed by atoms with van der Waals surface area (Å²) in [5.41, 5.74) is 5.74. The van der Waals surface area contributed by atoms with Crippen molar-refractivity contribution in [2.45, 2.75) is 86.5 Å². The highest BCUT2D eigenvalue weighted by Gasteiger charge is 2.37. The lowest BCUT2D eigenvalue weighted by atomic mass is 9.82. The van der Waals surface area contributed by atoms with Crippen LogP contribution in [0.15, 0.2) is 48.5 Å². The van der Waals surface area contributed by atoms with Gasteiger partial charge in [-0.05, 0) is 95.2 Å². The summed E-state index contributed by atoms with van der Waals surface area (Å²) in [6.45, 7) is 18.5. The van der Waals surface area contributed by atoms with E-state index in [1.54, 1.807) is 6.07 Å². The maximum atomic E-state index is 13.6. The van der Waals surface area contributed by atoms with Crippen molar-refractivity contribution in [1.29, 1.82) is 0 Å². The van der Waals surface area contributed by atoms with Crippen LogP contribution in [0.2, 0.25) is 0 Å². The van der Waals surface area contributed by atoms with Crippen LogP contribution in [0.1, 0.15) is 83.0 Å². The Morgan fingerprint density at radius 2 is 1.71 bits per heavy atom. The van der Waals surface area contributed by atoms with E-state index in [9.17, 15) is 9.18 Å². The van der Waals surface area contributed by atoms with Gasteiger partial charge in [-0.2, -0.15) is 0 Å². The van der Waals surface area contributed by atoms with Gasteiger partial charge in [0.15, 0.2) is 6.10 Å². The number of pyridine rings is 1. The number of anilines is 1. The Bertz CT molecular complexity index is 1390. The van der Waals surface area contributed by atoms with Crippen molar-refractivity contribution >= 4 is 11.7 Å². The molecule has 0 bridgehead atoms. The van der Waals surface area contributed by atoms with Gasteiger partial charge < -0.3 is 19.1 Å². The third kappa shape index (κ3) is 7.68. The fourth-order valence-corrected chi connectivity index (χ4v) is 5.48. The van der Waals surface area contributed by atoms with Crippen molar-refractivity contribution in [1.82, 2.24) is 4.98 Å². The fourth-order valence-electron chi connectivity index (χ4n) is 5.48. The fraction of sp³-hybridized carbons (Fsp3) is 0.486. The van der Waals surface area contributed by atoms with Crippen LogP contribution < -0.4 is 9.64 Å². The normalized spacial score (nSPS) is 15.8. The predicted octanol–water partition coefficient (Wildman–Crippen LogP) is 8.13. The van der Waals surface area contributed by atoms with Crippen molar-refractivity contribution in [2.24, 2.45) is 5.41 Å².